The molecule has 158 valence electrons. The number of hydroxylamine groups is 1. The molecule has 1 atom stereocenters. The van der Waals surface area contributed by atoms with E-state index in [0.29, 0.717) is 30.4 Å². The van der Waals surface area contributed by atoms with Gasteiger partial charge in [-0.15, -0.1) is 0 Å². The predicted molar refractivity (Wildman–Crippen MR) is 117 cm³/mol. The molecule has 0 aliphatic heterocycles. The molecule has 0 saturated heterocycles. The van der Waals surface area contributed by atoms with Gasteiger partial charge in [0.15, 0.2) is 0 Å². The predicted octanol–water partition coefficient (Wildman–Crippen LogP) is 3.84. The highest BCUT2D eigenvalue weighted by atomic mass is 127. The first kappa shape index (κ1) is 23.4. The number of carbonyl (C=O) groups is 3. The highest BCUT2D eigenvalue weighted by molar-refractivity contribution is 14.1. The number of benzene rings is 2. The Morgan fingerprint density at radius 3 is 2.57 bits per heavy atom. The van der Waals surface area contributed by atoms with E-state index < -0.39 is 24.0 Å². The normalized spacial score (nSPS) is 11.7. The van der Waals surface area contributed by atoms with E-state index in [1.165, 1.54) is 17.6 Å². The van der Waals surface area contributed by atoms with E-state index in [4.69, 9.17) is 9.94 Å². The van der Waals surface area contributed by atoms with Crippen LogP contribution in [0.1, 0.15) is 41.3 Å². The molecule has 2 aromatic carbocycles. The summed E-state index contributed by atoms with van der Waals surface area (Å²) in [6, 6.07) is 13.2. The van der Waals surface area contributed by atoms with Gasteiger partial charge < -0.3 is 9.84 Å². The van der Waals surface area contributed by atoms with E-state index in [-0.39, 0.29) is 5.75 Å². The van der Waals surface area contributed by atoms with E-state index in [0.717, 1.165) is 3.57 Å². The molecule has 8 nitrogen and oxygen atoms in total. The number of phenols is 1. The molecule has 9 heteroatoms. The van der Waals surface area contributed by atoms with Gasteiger partial charge in [0, 0.05) is 20.8 Å². The third-order valence-corrected chi connectivity index (χ3v) is 4.72. The Hall–Kier alpha value is -2.92. The summed E-state index contributed by atoms with van der Waals surface area (Å²) < 4.78 is 6.28. The van der Waals surface area contributed by atoms with Gasteiger partial charge in [0.05, 0.1) is 0 Å². The van der Waals surface area contributed by atoms with Crippen molar-refractivity contribution in [3.05, 3.63) is 75.4 Å². The maximum atomic E-state index is 12.3. The monoisotopic (exact) mass is 524 g/mol. The van der Waals surface area contributed by atoms with Crippen molar-refractivity contribution in [3.8, 4) is 5.75 Å². The van der Waals surface area contributed by atoms with Crippen LogP contribution in [0.15, 0.2) is 60.7 Å². The van der Waals surface area contributed by atoms with Crippen molar-refractivity contribution in [1.29, 1.82) is 0 Å². The van der Waals surface area contributed by atoms with Crippen LogP contribution in [0.4, 0.5) is 4.79 Å². The van der Waals surface area contributed by atoms with E-state index in [1.54, 1.807) is 48.5 Å². The number of rotatable bonds is 8. The summed E-state index contributed by atoms with van der Waals surface area (Å²) in [5.74, 6) is -1.26. The van der Waals surface area contributed by atoms with Gasteiger partial charge >= 0.3 is 6.09 Å². The summed E-state index contributed by atoms with van der Waals surface area (Å²) in [7, 11) is 0. The molecule has 0 unspecified atom stereocenters. The zero-order chi connectivity index (χ0) is 21.9. The van der Waals surface area contributed by atoms with Gasteiger partial charge in [0.1, 0.15) is 11.9 Å². The molecule has 0 radical (unpaired) electrons. The van der Waals surface area contributed by atoms with Crippen molar-refractivity contribution in [2.75, 3.05) is 0 Å². The van der Waals surface area contributed by atoms with E-state index in [1.807, 2.05) is 0 Å². The topological polar surface area (TPSA) is 125 Å². The first-order valence-electron chi connectivity index (χ1n) is 9.06. The van der Waals surface area contributed by atoms with Crippen molar-refractivity contribution in [1.82, 2.24) is 10.8 Å². The van der Waals surface area contributed by atoms with E-state index >= 15 is 0 Å². The number of halogens is 1. The fraction of sp³-hybridized carbons (Fsp3) is 0.190. The molecule has 0 aliphatic rings. The van der Waals surface area contributed by atoms with Crippen LogP contribution in [0.5, 0.6) is 5.75 Å². The van der Waals surface area contributed by atoms with Crippen LogP contribution >= 0.6 is 22.6 Å². The molecule has 0 heterocycles. The average molecular weight is 524 g/mol. The fourth-order valence-electron chi connectivity index (χ4n) is 2.62. The number of alkyl carbamates (subject to hydrolysis) is 1. The summed E-state index contributed by atoms with van der Waals surface area (Å²) >= 11 is 2.08. The summed E-state index contributed by atoms with van der Waals surface area (Å²) in [6.45, 7) is 0. The van der Waals surface area contributed by atoms with Gasteiger partial charge in [-0.3, -0.25) is 20.1 Å². The van der Waals surface area contributed by atoms with Crippen molar-refractivity contribution in [3.63, 3.8) is 0 Å². The van der Waals surface area contributed by atoms with E-state index in [9.17, 15) is 19.5 Å². The second-order valence-electron chi connectivity index (χ2n) is 6.23. The first-order valence-corrected chi connectivity index (χ1v) is 10.1. The number of unbranched alkanes of at least 4 members (excludes halogenated alkanes) is 1. The quantitative estimate of drug-likeness (QED) is 0.137. The number of hydrogen-bond donors (Lipinski definition) is 4. The maximum absolute atomic E-state index is 12.3. The summed E-state index contributed by atoms with van der Waals surface area (Å²) in [4.78, 5) is 35.4. The zero-order valence-electron chi connectivity index (χ0n) is 15.9. The summed E-state index contributed by atoms with van der Waals surface area (Å²) in [5, 5.41) is 20.9. The van der Waals surface area contributed by atoms with Gasteiger partial charge in [-0.2, -0.15) is 0 Å². The van der Waals surface area contributed by atoms with Gasteiger partial charge in [0.2, 0.25) is 0 Å². The zero-order valence-corrected chi connectivity index (χ0v) is 18.0. The molecule has 3 amide bonds. The number of nitrogens with one attached hydrogen (secondary N) is 2. The van der Waals surface area contributed by atoms with Crippen LogP contribution in [-0.4, -0.2) is 28.2 Å². The minimum Gasteiger partial charge on any atom is -0.508 e. The lowest BCUT2D eigenvalue weighted by Gasteiger charge is -2.19. The molecule has 2 aromatic rings. The highest BCUT2D eigenvalue weighted by Crippen LogP contribution is 2.32. The molecule has 0 fully saturated rings. The lowest BCUT2D eigenvalue weighted by atomic mass is 10.0. The van der Waals surface area contributed by atoms with Crippen LogP contribution in [0, 0.1) is 3.57 Å². The van der Waals surface area contributed by atoms with Gasteiger partial charge in [-0.25, -0.2) is 10.3 Å². The van der Waals surface area contributed by atoms with Crippen LogP contribution in [0.2, 0.25) is 0 Å². The van der Waals surface area contributed by atoms with Crippen LogP contribution in [0.3, 0.4) is 0 Å². The minimum absolute atomic E-state index is 0.0298. The number of ether oxygens (including phenoxy) is 1. The third-order valence-electron chi connectivity index (χ3n) is 4.05. The first-order chi connectivity index (χ1) is 14.4. The largest absolute Gasteiger partial charge is 0.508 e. The van der Waals surface area contributed by atoms with Crippen LogP contribution in [-0.2, 0) is 9.53 Å². The molecule has 0 aromatic heterocycles. The standard InChI is InChI=1S/C21H21IN2O6/c22-15-11-12-17(25)16(13-15)18(9-5-2-6-10-19(26)24-29)30-21(28)23-20(27)14-7-3-1-4-8-14/h1,3-4,6-8,10-13,18,25,29H,2,5,9H2,(H,24,26)(H,23,27,28)/b10-6+/t18-/m1/s1. The Balaban J connectivity index is 2.06. The van der Waals surface area contributed by atoms with Gasteiger partial charge in [-0.1, -0.05) is 24.3 Å². The number of aromatic hydroxyl groups is 1. The van der Waals surface area contributed by atoms with Crippen molar-refractivity contribution in [2.45, 2.75) is 25.4 Å². The summed E-state index contributed by atoms with van der Waals surface area (Å²) in [6.07, 6.45) is 2.35. The SMILES string of the molecule is O=C(/C=C/CCC[C@@H](OC(=O)NC(=O)c1ccccc1)c1cc(I)ccc1O)NO. The van der Waals surface area contributed by atoms with Crippen molar-refractivity contribution >= 4 is 40.5 Å². The molecular weight excluding hydrogens is 503 g/mol. The number of allylic oxidation sites excluding steroid dienone is 1. The van der Waals surface area contributed by atoms with E-state index in [2.05, 4.69) is 27.9 Å². The lowest BCUT2D eigenvalue weighted by Crippen LogP contribution is -2.32. The molecule has 0 spiro atoms. The molecule has 2 rings (SSSR count). The van der Waals surface area contributed by atoms with Crippen LogP contribution < -0.4 is 10.8 Å². The maximum Gasteiger partial charge on any atom is 0.414 e. The van der Waals surface area contributed by atoms with Crippen molar-refractivity contribution < 1.29 is 29.4 Å². The molecule has 0 saturated carbocycles. The second-order valence-corrected chi connectivity index (χ2v) is 7.47. The molecule has 4 N–H and O–H groups in total. The number of phenolic OH excluding ortho intramolecular Hbond substituents is 1. The average Bonchev–Trinajstić information content (AvgIpc) is 2.74. The van der Waals surface area contributed by atoms with Crippen molar-refractivity contribution in [2.24, 2.45) is 0 Å². The number of hydrogen-bond acceptors (Lipinski definition) is 6. The Morgan fingerprint density at radius 2 is 1.87 bits per heavy atom. The number of carbonyl (C=O) groups excluding carboxylic acids is 3. The highest BCUT2D eigenvalue weighted by Gasteiger charge is 2.21. The molecule has 0 aliphatic carbocycles. The third kappa shape index (κ3) is 7.48. The molecule has 30 heavy (non-hydrogen) atoms. The molecular formula is C21H21IN2O6. The number of imide groups is 1. The number of amides is 3. The van der Waals surface area contributed by atoms with Gasteiger partial charge in [-0.05, 0) is 72.2 Å². The van der Waals surface area contributed by atoms with Crippen LogP contribution in [0.25, 0.3) is 0 Å². The minimum atomic E-state index is -0.928. The lowest BCUT2D eigenvalue weighted by molar-refractivity contribution is -0.124. The second kappa shape index (κ2) is 11.9. The Morgan fingerprint density at radius 1 is 1.13 bits per heavy atom. The Labute approximate surface area is 187 Å². The molecule has 0 bridgehead atoms. The summed E-state index contributed by atoms with van der Waals surface area (Å²) in [5.41, 5.74) is 2.23. The Kier molecular flexibility index (Phi) is 9.29. The Bertz CT molecular complexity index is 917. The smallest absolute Gasteiger partial charge is 0.414 e. The van der Waals surface area contributed by atoms with Gasteiger partial charge in [0.25, 0.3) is 11.8 Å². The fourth-order valence-corrected chi connectivity index (χ4v) is 3.14.